The van der Waals surface area contributed by atoms with Gasteiger partial charge in [0.1, 0.15) is 0 Å². The van der Waals surface area contributed by atoms with Crippen molar-refractivity contribution in [3.8, 4) is 0 Å². The molecule has 0 fully saturated rings. The molecule has 0 aromatic heterocycles. The Bertz CT molecular complexity index is 480. The van der Waals surface area contributed by atoms with E-state index in [9.17, 15) is 9.59 Å². The summed E-state index contributed by atoms with van der Waals surface area (Å²) < 4.78 is 4.29. The second-order valence-electron chi connectivity index (χ2n) is 7.68. The molecule has 0 saturated heterocycles. The molecule has 0 rings (SSSR count). The van der Waals surface area contributed by atoms with Crippen molar-refractivity contribution in [1.82, 2.24) is 5.32 Å². The average Bonchev–Trinajstić information content (AvgIpc) is 2.67. The number of rotatable bonds is 20. The number of hydrogen-bond acceptors (Lipinski definition) is 6. The van der Waals surface area contributed by atoms with Crippen molar-refractivity contribution >= 4 is 20.0 Å². The molecule has 1 atom stereocenters. The number of carbonyl (C=O) groups is 2. The zero-order valence-corrected chi connectivity index (χ0v) is 19.4. The van der Waals surface area contributed by atoms with E-state index in [0.717, 1.165) is 32.1 Å². The van der Waals surface area contributed by atoms with Crippen LogP contribution in [0, 0.1) is 0 Å². The van der Waals surface area contributed by atoms with E-state index in [2.05, 4.69) is 28.9 Å². The van der Waals surface area contributed by atoms with E-state index in [4.69, 9.17) is 19.8 Å². The Kier molecular flexibility index (Phi) is 18.0. The fourth-order valence-electron chi connectivity index (χ4n) is 2.99. The molecule has 0 radical (unpaired) electrons. The molecule has 5 N–H and O–H groups in total. The number of unbranched alkanes of at least 4 members (excludes halogenated alkanes) is 11. The number of carbonyl (C=O) groups excluding carboxylic acids is 1. The van der Waals surface area contributed by atoms with E-state index in [1.54, 1.807) is 0 Å². The van der Waals surface area contributed by atoms with Crippen molar-refractivity contribution < 1.29 is 33.9 Å². The van der Waals surface area contributed by atoms with E-state index in [1.807, 2.05) is 0 Å². The van der Waals surface area contributed by atoms with Crippen LogP contribution in [0.5, 0.6) is 0 Å². The van der Waals surface area contributed by atoms with Gasteiger partial charge in [-0.15, -0.1) is 0 Å². The fourth-order valence-corrected chi connectivity index (χ4v) is 3.38. The molecule has 0 aliphatic heterocycles. The molecule has 30 heavy (non-hydrogen) atoms. The maximum absolute atomic E-state index is 11.8. The molecule has 0 aliphatic rings. The molecule has 0 aromatic rings. The Morgan fingerprint density at radius 1 is 0.867 bits per heavy atom. The number of amides is 1. The monoisotopic (exact) mass is 451 g/mol. The first-order valence-corrected chi connectivity index (χ1v) is 13.0. The predicted molar refractivity (Wildman–Crippen MR) is 120 cm³/mol. The van der Waals surface area contributed by atoms with Crippen LogP contribution in [-0.2, 0) is 14.1 Å². The van der Waals surface area contributed by atoms with E-state index in [-0.39, 0.29) is 6.42 Å². The third-order valence-corrected chi connectivity index (χ3v) is 5.30. The minimum absolute atomic E-state index is 0.196. The molecule has 0 saturated carbocycles. The molecular formula is C21H42NO7P. The third-order valence-electron chi connectivity index (χ3n) is 4.74. The van der Waals surface area contributed by atoms with Crippen LogP contribution >= 0.6 is 8.17 Å². The van der Waals surface area contributed by atoms with Crippen molar-refractivity contribution in [2.75, 3.05) is 6.61 Å². The Morgan fingerprint density at radius 3 is 1.87 bits per heavy atom. The van der Waals surface area contributed by atoms with Gasteiger partial charge in [0.2, 0.25) is 0 Å². The topological polar surface area (TPSA) is 136 Å². The summed E-state index contributed by atoms with van der Waals surface area (Å²) in [4.78, 5) is 49.1. The summed E-state index contributed by atoms with van der Waals surface area (Å²) in [5, 5.41) is 11.2. The van der Waals surface area contributed by atoms with Gasteiger partial charge in [-0.05, 0) is 12.8 Å². The van der Waals surface area contributed by atoms with Crippen molar-refractivity contribution in [2.24, 2.45) is 0 Å². The van der Waals surface area contributed by atoms with Gasteiger partial charge in [0, 0.05) is 0 Å². The summed E-state index contributed by atoms with van der Waals surface area (Å²) >= 11 is 0. The van der Waals surface area contributed by atoms with Crippen LogP contribution in [0.3, 0.4) is 0 Å². The van der Waals surface area contributed by atoms with Crippen molar-refractivity contribution in [3.63, 3.8) is 0 Å². The number of carboxylic acids is 1. The molecule has 1 amide bonds. The Labute approximate surface area is 181 Å². The van der Waals surface area contributed by atoms with Gasteiger partial charge in [-0.25, -0.2) is 0 Å². The van der Waals surface area contributed by atoms with E-state index in [0.29, 0.717) is 6.42 Å². The summed E-state index contributed by atoms with van der Waals surface area (Å²) in [5.74, 6) is -1.81. The minimum atomic E-state index is -4.80. The van der Waals surface area contributed by atoms with Gasteiger partial charge in [0.15, 0.2) is 0 Å². The summed E-state index contributed by atoms with van der Waals surface area (Å²) in [6, 6.07) is -1.43. The first kappa shape index (κ1) is 28.9. The first-order chi connectivity index (χ1) is 14.3. The normalized spacial score (nSPS) is 13.5. The van der Waals surface area contributed by atoms with Gasteiger partial charge in [0.05, 0.1) is 0 Å². The molecule has 0 heterocycles. The molecule has 0 spiro atoms. The number of carboxylic acid groups (broad SMARTS) is 1. The number of allylic oxidation sites excluding steroid dienone is 2. The predicted octanol–water partition coefficient (Wildman–Crippen LogP) is 4.00. The van der Waals surface area contributed by atoms with Crippen LogP contribution in [0.1, 0.15) is 96.8 Å². The van der Waals surface area contributed by atoms with Crippen molar-refractivity contribution in [2.45, 2.75) is 103 Å². The zero-order valence-electron chi connectivity index (χ0n) is 18.4. The summed E-state index contributed by atoms with van der Waals surface area (Å²) in [6.45, 7) is 1.53. The maximum atomic E-state index is 11.8. The van der Waals surface area contributed by atoms with Gasteiger partial charge < -0.3 is 0 Å². The fraction of sp³-hybridized carbons (Fsp3) is 0.810. The molecule has 0 aromatic carbocycles. The SMILES string of the molecule is CCCCCCCC/C=C\CCCCCCCC(=O)NC(CO[PH](O)(O)O)C(=O)O. The standard InChI is InChI=1S/C21H42NO7P/c1-2-3-4-5-6-7-8-9-10-11-12-13-14-15-16-17-20(23)22-19(21(24)25)18-29-30(26,27)28/h9-10,19,26-28,30H,2-8,11-18H2,1H3,(H,22,23)(H,24,25)/b10-9-. The van der Waals surface area contributed by atoms with Crippen LogP contribution < -0.4 is 5.32 Å². The van der Waals surface area contributed by atoms with Crippen LogP contribution in [-0.4, -0.2) is 44.3 Å². The molecule has 178 valence electrons. The van der Waals surface area contributed by atoms with E-state index in [1.165, 1.54) is 44.9 Å². The molecule has 0 aliphatic carbocycles. The molecule has 0 bridgehead atoms. The second kappa shape index (κ2) is 18.7. The van der Waals surface area contributed by atoms with Gasteiger partial charge in [-0.3, -0.25) is 0 Å². The second-order valence-corrected chi connectivity index (χ2v) is 9.11. The molecular weight excluding hydrogens is 409 g/mol. The van der Waals surface area contributed by atoms with Crippen LogP contribution in [0.15, 0.2) is 12.2 Å². The van der Waals surface area contributed by atoms with Crippen LogP contribution in [0.4, 0.5) is 0 Å². The van der Waals surface area contributed by atoms with Crippen molar-refractivity contribution in [1.29, 1.82) is 0 Å². The average molecular weight is 452 g/mol. The quantitative estimate of drug-likeness (QED) is 0.107. The molecule has 8 nitrogen and oxygen atoms in total. The Balaban J connectivity index is 3.61. The number of hydrogen-bond donors (Lipinski definition) is 5. The van der Waals surface area contributed by atoms with Crippen LogP contribution in [0.2, 0.25) is 0 Å². The number of nitrogens with one attached hydrogen (secondary N) is 1. The molecule has 9 heteroatoms. The summed E-state index contributed by atoms with van der Waals surface area (Å²) in [7, 11) is -4.80. The summed E-state index contributed by atoms with van der Waals surface area (Å²) in [6.07, 6.45) is 19.7. The van der Waals surface area contributed by atoms with Gasteiger partial charge in [0.25, 0.3) is 0 Å². The number of aliphatic carboxylic acids is 1. The molecule has 1 unspecified atom stereocenters. The van der Waals surface area contributed by atoms with E-state index < -0.39 is 32.7 Å². The van der Waals surface area contributed by atoms with Gasteiger partial charge in [-0.1, -0.05) is 51.2 Å². The van der Waals surface area contributed by atoms with Crippen LogP contribution in [0.25, 0.3) is 0 Å². The van der Waals surface area contributed by atoms with Gasteiger partial charge >= 0.3 is 117 Å². The van der Waals surface area contributed by atoms with Crippen molar-refractivity contribution in [3.05, 3.63) is 12.2 Å². The Morgan fingerprint density at radius 2 is 1.37 bits per heavy atom. The van der Waals surface area contributed by atoms with E-state index >= 15 is 0 Å². The summed E-state index contributed by atoms with van der Waals surface area (Å²) in [5.41, 5.74) is 0. The first-order valence-electron chi connectivity index (χ1n) is 11.2. The Hall–Kier alpha value is -1.05. The zero-order chi connectivity index (χ0) is 22.7. The van der Waals surface area contributed by atoms with Gasteiger partial charge in [-0.2, -0.15) is 0 Å². The third kappa shape index (κ3) is 20.2.